The van der Waals surface area contributed by atoms with Crippen LogP contribution in [0.4, 0.5) is 0 Å². The van der Waals surface area contributed by atoms with Gasteiger partial charge in [0.2, 0.25) is 5.91 Å². The van der Waals surface area contributed by atoms with Gasteiger partial charge >= 0.3 is 0 Å². The largest absolute Gasteiger partial charge is 0.345 e. The molecule has 2 aliphatic rings. The van der Waals surface area contributed by atoms with Crippen LogP contribution in [0.3, 0.4) is 0 Å². The van der Waals surface area contributed by atoms with Crippen LogP contribution in [0, 0.1) is 12.3 Å². The molecule has 1 saturated carbocycles. The van der Waals surface area contributed by atoms with Crippen LogP contribution in [0.2, 0.25) is 0 Å². The number of nitrogens with zero attached hydrogens (tertiary/aromatic N) is 2. The molecule has 1 fully saturated rings. The maximum Gasteiger partial charge on any atom is 0.230 e. The Morgan fingerprint density at radius 1 is 1.44 bits per heavy atom. The number of carbonyl (C=O) groups is 1. The first-order chi connectivity index (χ1) is 8.59. The molecule has 0 radical (unpaired) electrons. The third-order valence-corrected chi connectivity index (χ3v) is 4.65. The Labute approximate surface area is 108 Å². The van der Waals surface area contributed by atoms with Crippen molar-refractivity contribution in [1.82, 2.24) is 9.47 Å². The highest BCUT2D eigenvalue weighted by Crippen LogP contribution is 2.47. The van der Waals surface area contributed by atoms with Gasteiger partial charge in [-0.25, -0.2) is 0 Å². The monoisotopic (exact) mass is 247 g/mol. The van der Waals surface area contributed by atoms with E-state index in [1.807, 2.05) is 4.90 Å². The third-order valence-electron chi connectivity index (χ3n) is 4.65. The lowest BCUT2D eigenvalue weighted by molar-refractivity contribution is -0.140. The van der Waals surface area contributed by atoms with Gasteiger partial charge in [-0.3, -0.25) is 4.79 Å². The molecule has 2 heterocycles. The van der Waals surface area contributed by atoms with Crippen molar-refractivity contribution in [3.8, 4) is 0 Å². The molecule has 1 amide bonds. The fourth-order valence-electron chi connectivity index (χ4n) is 3.06. The van der Waals surface area contributed by atoms with E-state index in [1.165, 1.54) is 11.4 Å². The van der Waals surface area contributed by atoms with Gasteiger partial charge in [0.25, 0.3) is 0 Å². The van der Waals surface area contributed by atoms with Crippen LogP contribution >= 0.6 is 0 Å². The van der Waals surface area contributed by atoms with Crippen molar-refractivity contribution >= 4 is 5.91 Å². The SMILES string of the molecule is Cc1ccc2n1CCN(C(=O)C1(CN)CC1)C2C. The van der Waals surface area contributed by atoms with E-state index in [0.717, 1.165) is 25.9 Å². The molecule has 0 saturated heterocycles. The summed E-state index contributed by atoms with van der Waals surface area (Å²) in [6, 6.07) is 4.45. The van der Waals surface area contributed by atoms with Gasteiger partial charge in [0.05, 0.1) is 11.5 Å². The van der Waals surface area contributed by atoms with Gasteiger partial charge in [-0.15, -0.1) is 0 Å². The van der Waals surface area contributed by atoms with Gasteiger partial charge in [0, 0.05) is 31.0 Å². The molecule has 1 atom stereocenters. The number of rotatable bonds is 2. The second-order valence-corrected chi connectivity index (χ2v) is 5.71. The molecule has 0 spiro atoms. The molecule has 3 rings (SSSR count). The minimum Gasteiger partial charge on any atom is -0.345 e. The molecule has 4 nitrogen and oxygen atoms in total. The number of nitrogens with two attached hydrogens (primary N) is 1. The van der Waals surface area contributed by atoms with E-state index in [1.54, 1.807) is 0 Å². The van der Waals surface area contributed by atoms with Crippen molar-refractivity contribution in [2.75, 3.05) is 13.1 Å². The first-order valence-electron chi connectivity index (χ1n) is 6.76. The van der Waals surface area contributed by atoms with Crippen LogP contribution in [-0.4, -0.2) is 28.5 Å². The van der Waals surface area contributed by atoms with E-state index in [9.17, 15) is 4.79 Å². The van der Waals surface area contributed by atoms with Crippen LogP contribution in [0.25, 0.3) is 0 Å². The molecule has 0 aromatic carbocycles. The topological polar surface area (TPSA) is 51.3 Å². The summed E-state index contributed by atoms with van der Waals surface area (Å²) >= 11 is 0. The Hall–Kier alpha value is -1.29. The maximum atomic E-state index is 12.6. The lowest BCUT2D eigenvalue weighted by Crippen LogP contribution is -2.46. The Morgan fingerprint density at radius 2 is 2.17 bits per heavy atom. The predicted octanol–water partition coefficient (Wildman–Crippen LogP) is 1.44. The maximum absolute atomic E-state index is 12.6. The molecule has 1 aliphatic heterocycles. The van der Waals surface area contributed by atoms with E-state index in [2.05, 4.69) is 30.5 Å². The van der Waals surface area contributed by atoms with Crippen LogP contribution < -0.4 is 5.73 Å². The number of aryl methyl sites for hydroxylation is 1. The average molecular weight is 247 g/mol. The first-order valence-corrected chi connectivity index (χ1v) is 6.76. The summed E-state index contributed by atoms with van der Waals surface area (Å²) in [6.45, 7) is 6.45. The second kappa shape index (κ2) is 3.85. The third kappa shape index (κ3) is 1.52. The van der Waals surface area contributed by atoms with Gasteiger partial charge in [-0.05, 0) is 38.8 Å². The smallest absolute Gasteiger partial charge is 0.230 e. The summed E-state index contributed by atoms with van der Waals surface area (Å²) < 4.78 is 2.32. The van der Waals surface area contributed by atoms with Crippen molar-refractivity contribution in [3.63, 3.8) is 0 Å². The minimum atomic E-state index is -0.224. The molecule has 1 unspecified atom stereocenters. The Morgan fingerprint density at radius 3 is 2.78 bits per heavy atom. The minimum absolute atomic E-state index is 0.170. The van der Waals surface area contributed by atoms with Crippen LogP contribution in [-0.2, 0) is 11.3 Å². The molecule has 0 bridgehead atoms. The molecule has 2 N–H and O–H groups in total. The molecule has 1 aromatic rings. The van der Waals surface area contributed by atoms with E-state index >= 15 is 0 Å². The predicted molar refractivity (Wildman–Crippen MR) is 70.0 cm³/mol. The van der Waals surface area contributed by atoms with E-state index in [0.29, 0.717) is 6.54 Å². The van der Waals surface area contributed by atoms with E-state index in [-0.39, 0.29) is 17.4 Å². The van der Waals surface area contributed by atoms with Gasteiger partial charge in [0.15, 0.2) is 0 Å². The van der Waals surface area contributed by atoms with Crippen molar-refractivity contribution in [2.24, 2.45) is 11.1 Å². The van der Waals surface area contributed by atoms with Gasteiger partial charge in [-0.1, -0.05) is 0 Å². The summed E-state index contributed by atoms with van der Waals surface area (Å²) in [6.07, 6.45) is 1.93. The lowest BCUT2D eigenvalue weighted by atomic mass is 10.0. The highest BCUT2D eigenvalue weighted by atomic mass is 16.2. The number of carbonyl (C=O) groups excluding carboxylic acids is 1. The Bertz CT molecular complexity index is 487. The molecule has 18 heavy (non-hydrogen) atoms. The standard InChI is InChI=1S/C14H21N3O/c1-10-3-4-12-11(2)17(8-7-16(10)12)13(18)14(9-15)5-6-14/h3-4,11H,5-9,15H2,1-2H3. The molecule has 1 aromatic heterocycles. The molecule has 98 valence electrons. The second-order valence-electron chi connectivity index (χ2n) is 5.71. The van der Waals surface area contributed by atoms with Gasteiger partial charge in [-0.2, -0.15) is 0 Å². The highest BCUT2D eigenvalue weighted by Gasteiger charge is 2.51. The van der Waals surface area contributed by atoms with Crippen LogP contribution in [0.1, 0.15) is 37.2 Å². The van der Waals surface area contributed by atoms with E-state index in [4.69, 9.17) is 5.73 Å². The average Bonchev–Trinajstić information content (AvgIpc) is 3.09. The molecular weight excluding hydrogens is 226 g/mol. The molecule has 1 aliphatic carbocycles. The number of aromatic nitrogens is 1. The molecule has 4 heteroatoms. The van der Waals surface area contributed by atoms with Crippen LogP contribution in [0.15, 0.2) is 12.1 Å². The fourth-order valence-corrected chi connectivity index (χ4v) is 3.06. The zero-order valence-electron chi connectivity index (χ0n) is 11.1. The van der Waals surface area contributed by atoms with Crippen molar-refractivity contribution in [2.45, 2.75) is 39.3 Å². The van der Waals surface area contributed by atoms with Crippen LogP contribution in [0.5, 0.6) is 0 Å². The summed E-state index contributed by atoms with van der Waals surface area (Å²) in [5.41, 5.74) is 8.08. The normalized spacial score (nSPS) is 24.8. The van der Waals surface area contributed by atoms with Gasteiger partial charge in [0.1, 0.15) is 0 Å². The summed E-state index contributed by atoms with van der Waals surface area (Å²) in [7, 11) is 0. The highest BCUT2D eigenvalue weighted by molar-refractivity contribution is 5.86. The Balaban J connectivity index is 1.87. The first kappa shape index (κ1) is 11.8. The summed E-state index contributed by atoms with van der Waals surface area (Å²) in [5, 5.41) is 0. The lowest BCUT2D eigenvalue weighted by Gasteiger charge is -2.37. The van der Waals surface area contributed by atoms with Crippen molar-refractivity contribution in [3.05, 3.63) is 23.5 Å². The zero-order chi connectivity index (χ0) is 12.9. The number of hydrogen-bond donors (Lipinski definition) is 1. The summed E-state index contributed by atoms with van der Waals surface area (Å²) in [5.74, 6) is 0.266. The molecular formula is C14H21N3O. The number of fused-ring (bicyclic) bond motifs is 1. The zero-order valence-corrected chi connectivity index (χ0v) is 11.1. The quantitative estimate of drug-likeness (QED) is 0.859. The van der Waals surface area contributed by atoms with E-state index < -0.39 is 0 Å². The Kier molecular flexibility index (Phi) is 2.52. The van der Waals surface area contributed by atoms with Crippen molar-refractivity contribution in [1.29, 1.82) is 0 Å². The van der Waals surface area contributed by atoms with Gasteiger partial charge < -0.3 is 15.2 Å². The number of amides is 1. The van der Waals surface area contributed by atoms with Crippen molar-refractivity contribution < 1.29 is 4.79 Å². The fraction of sp³-hybridized carbons (Fsp3) is 0.643. The number of hydrogen-bond acceptors (Lipinski definition) is 2. The summed E-state index contributed by atoms with van der Waals surface area (Å²) in [4.78, 5) is 14.6.